The molecule has 5 aromatic rings. The molecule has 0 aliphatic carbocycles. The monoisotopic (exact) mass is 761 g/mol. The summed E-state index contributed by atoms with van der Waals surface area (Å²) in [6.45, 7) is 1.45. The van der Waals surface area contributed by atoms with E-state index >= 15 is 0 Å². The fourth-order valence-electron chi connectivity index (χ4n) is 6.31. The van der Waals surface area contributed by atoms with Crippen LogP contribution in [0.25, 0.3) is 22.0 Å². The molecular weight excluding hydrogens is 715 g/mol. The van der Waals surface area contributed by atoms with Crippen molar-refractivity contribution in [2.45, 2.75) is 63.2 Å². The van der Waals surface area contributed by atoms with Gasteiger partial charge in [0.05, 0.1) is 6.33 Å². The molecule has 2 aromatic heterocycles. The second kappa shape index (κ2) is 19.4. The van der Waals surface area contributed by atoms with Gasteiger partial charge in [0.2, 0.25) is 29.5 Å². The number of imidazole rings is 1. The van der Waals surface area contributed by atoms with Crippen molar-refractivity contribution in [3.63, 3.8) is 0 Å². The minimum Gasteiger partial charge on any atom is -0.370 e. The van der Waals surface area contributed by atoms with E-state index in [0.29, 0.717) is 5.69 Å². The van der Waals surface area contributed by atoms with Crippen LogP contribution in [-0.4, -0.2) is 81.2 Å². The molecule has 12 N–H and O–H groups in total. The number of fused-ring (bicyclic) bond motifs is 1. The van der Waals surface area contributed by atoms with Gasteiger partial charge in [0.25, 0.3) is 0 Å². The lowest BCUT2D eigenvalue weighted by atomic mass is 9.99. The van der Waals surface area contributed by atoms with Gasteiger partial charge in [-0.1, -0.05) is 72.8 Å². The summed E-state index contributed by atoms with van der Waals surface area (Å²) in [7, 11) is 0. The summed E-state index contributed by atoms with van der Waals surface area (Å²) in [5.74, 6) is -3.32. The predicted molar refractivity (Wildman–Crippen MR) is 212 cm³/mol. The molecule has 3 aromatic carbocycles. The Bertz CT molecular complexity index is 2130. The van der Waals surface area contributed by atoms with Crippen LogP contribution in [0.5, 0.6) is 0 Å². The molecule has 0 spiro atoms. The number of rotatable bonds is 19. The van der Waals surface area contributed by atoms with E-state index in [0.717, 1.165) is 33.2 Å². The highest BCUT2D eigenvalue weighted by Crippen LogP contribution is 2.21. The van der Waals surface area contributed by atoms with Crippen molar-refractivity contribution in [1.82, 2.24) is 36.2 Å². The van der Waals surface area contributed by atoms with Gasteiger partial charge in [-0.3, -0.25) is 29.0 Å². The number of primary amides is 1. The lowest BCUT2D eigenvalue weighted by Crippen LogP contribution is -2.59. The van der Waals surface area contributed by atoms with Gasteiger partial charge < -0.3 is 48.4 Å². The van der Waals surface area contributed by atoms with E-state index in [1.54, 1.807) is 6.20 Å². The number of nitrogens with one attached hydrogen (secondary N) is 6. The first-order chi connectivity index (χ1) is 27.0. The van der Waals surface area contributed by atoms with Crippen LogP contribution in [0.4, 0.5) is 0 Å². The molecule has 16 nitrogen and oxygen atoms in total. The topological polar surface area (TPSA) is 268 Å². The number of carbonyl (C=O) groups is 5. The first kappa shape index (κ1) is 40.2. The number of para-hydroxylation sites is 1. The van der Waals surface area contributed by atoms with Gasteiger partial charge in [-0.25, -0.2) is 4.98 Å². The van der Waals surface area contributed by atoms with Crippen molar-refractivity contribution in [2.24, 2.45) is 22.2 Å². The average molecular weight is 762 g/mol. The second-order valence-corrected chi connectivity index (χ2v) is 13.4. The Morgan fingerprint density at radius 1 is 0.696 bits per heavy atom. The first-order valence-corrected chi connectivity index (χ1v) is 18.2. The van der Waals surface area contributed by atoms with Gasteiger partial charge >= 0.3 is 0 Å². The molecule has 5 rings (SSSR count). The number of benzene rings is 3. The van der Waals surface area contributed by atoms with Crippen LogP contribution in [0.1, 0.15) is 36.6 Å². The maximum atomic E-state index is 14.2. The van der Waals surface area contributed by atoms with E-state index in [-0.39, 0.29) is 44.6 Å². The number of carbonyl (C=O) groups excluding carboxylic acids is 5. The average Bonchev–Trinajstić information content (AvgIpc) is 3.85. The molecule has 56 heavy (non-hydrogen) atoms. The molecule has 292 valence electrons. The third-order valence-corrected chi connectivity index (χ3v) is 9.14. The normalized spacial score (nSPS) is 13.1. The van der Waals surface area contributed by atoms with Crippen molar-refractivity contribution >= 4 is 46.4 Å². The van der Waals surface area contributed by atoms with Crippen LogP contribution >= 0.6 is 0 Å². The minimum atomic E-state index is -1.20. The smallest absolute Gasteiger partial charge is 0.243 e. The lowest BCUT2D eigenvalue weighted by Gasteiger charge is -2.26. The van der Waals surface area contributed by atoms with E-state index in [1.807, 2.05) is 78.9 Å². The summed E-state index contributed by atoms with van der Waals surface area (Å²) in [6, 6.07) is 20.3. The summed E-state index contributed by atoms with van der Waals surface area (Å²) in [5, 5.41) is 11.8. The summed E-state index contributed by atoms with van der Waals surface area (Å²) < 4.78 is 0. The van der Waals surface area contributed by atoms with Crippen molar-refractivity contribution < 1.29 is 24.0 Å². The number of hydrogen-bond acceptors (Lipinski definition) is 7. The fourth-order valence-corrected chi connectivity index (χ4v) is 6.31. The van der Waals surface area contributed by atoms with Gasteiger partial charge in [-0.05, 0) is 41.2 Å². The van der Waals surface area contributed by atoms with E-state index < -0.39 is 53.7 Å². The fraction of sp³-hybridized carbons (Fsp3) is 0.275. The van der Waals surface area contributed by atoms with Crippen molar-refractivity contribution in [2.75, 3.05) is 6.54 Å². The van der Waals surface area contributed by atoms with Gasteiger partial charge in [-0.15, -0.1) is 0 Å². The highest BCUT2D eigenvalue weighted by atomic mass is 16.2. The molecule has 0 saturated carbocycles. The van der Waals surface area contributed by atoms with Crippen molar-refractivity contribution in [3.05, 3.63) is 114 Å². The predicted octanol–water partition coefficient (Wildman–Crippen LogP) is 1.08. The van der Waals surface area contributed by atoms with Crippen LogP contribution in [0.3, 0.4) is 0 Å². The van der Waals surface area contributed by atoms with E-state index in [4.69, 9.17) is 17.2 Å². The summed E-state index contributed by atoms with van der Waals surface area (Å²) in [6.07, 6.45) is 5.31. The van der Waals surface area contributed by atoms with E-state index in [1.165, 1.54) is 19.4 Å². The third-order valence-electron chi connectivity index (χ3n) is 9.14. The molecule has 5 amide bonds. The zero-order chi connectivity index (χ0) is 40.0. The van der Waals surface area contributed by atoms with Gasteiger partial charge in [-0.2, -0.15) is 0 Å². The maximum Gasteiger partial charge on any atom is 0.243 e. The van der Waals surface area contributed by atoms with Crippen LogP contribution in [0.2, 0.25) is 0 Å². The Hall–Kier alpha value is -6.97. The van der Waals surface area contributed by atoms with E-state index in [2.05, 4.69) is 41.2 Å². The molecule has 0 unspecified atom stereocenters. The highest BCUT2D eigenvalue weighted by molar-refractivity contribution is 5.96. The molecular formula is C40H47N11O5. The quantitative estimate of drug-likeness (QED) is 0.0333. The largest absolute Gasteiger partial charge is 0.370 e. The van der Waals surface area contributed by atoms with Crippen molar-refractivity contribution in [3.8, 4) is 11.1 Å². The summed E-state index contributed by atoms with van der Waals surface area (Å²) in [5.41, 5.74) is 21.7. The number of H-pyrrole nitrogens is 2. The minimum absolute atomic E-state index is 0.0380. The second-order valence-electron chi connectivity index (χ2n) is 13.4. The number of nitrogens with two attached hydrogens (primary N) is 3. The van der Waals surface area contributed by atoms with Gasteiger partial charge in [0.15, 0.2) is 5.96 Å². The molecule has 0 bridgehead atoms. The van der Waals surface area contributed by atoms with Gasteiger partial charge in [0.1, 0.15) is 24.2 Å². The van der Waals surface area contributed by atoms with Crippen LogP contribution < -0.4 is 38.5 Å². The van der Waals surface area contributed by atoms with Crippen LogP contribution in [0, 0.1) is 0 Å². The van der Waals surface area contributed by atoms with Crippen LogP contribution in [0.15, 0.2) is 103 Å². The number of aromatic amines is 2. The number of nitrogens with zero attached hydrogens (tertiary/aromatic N) is 2. The standard InChI is InChI=1S/C40H47N11O5/c1-24(52)48-35(20-29-22-44-23-47-29)39(56)51-34(18-25-13-15-27(16-14-25)26-8-3-2-4-9-26)38(55)49-32(12-7-17-45-40(42)43)37(54)50-33(36(41)53)19-28-21-46-31-11-6-5-10-30(28)31/h2-6,8-11,13-16,21-23,32-35,46H,7,12,17-20H2,1H3,(H2,41,53)(H,44,47)(H,48,52)(H,49,55)(H,50,54)(H,51,56)(H4,42,43,45)/t32-,33-,34-,35-/m0/s1. The molecule has 0 saturated heterocycles. The molecule has 0 radical (unpaired) electrons. The van der Waals surface area contributed by atoms with Gasteiger partial charge in [0, 0.05) is 61.7 Å². The molecule has 0 aliphatic heterocycles. The number of aliphatic imine (C=N–C) groups is 1. The number of aromatic nitrogens is 3. The molecule has 2 heterocycles. The maximum absolute atomic E-state index is 14.2. The Morgan fingerprint density at radius 3 is 1.98 bits per heavy atom. The Morgan fingerprint density at radius 2 is 1.32 bits per heavy atom. The molecule has 0 fully saturated rings. The molecule has 0 aliphatic rings. The van der Waals surface area contributed by atoms with E-state index in [9.17, 15) is 24.0 Å². The lowest BCUT2D eigenvalue weighted by molar-refractivity contribution is -0.134. The SMILES string of the molecule is CC(=O)N[C@@H](Cc1cnc[nH]1)C(=O)N[C@@H](Cc1ccc(-c2ccccc2)cc1)C(=O)N[C@@H](CCCN=C(N)N)C(=O)N[C@@H](Cc1c[nH]c2ccccc12)C(N)=O. The number of amides is 5. The summed E-state index contributed by atoms with van der Waals surface area (Å²) >= 11 is 0. The first-order valence-electron chi connectivity index (χ1n) is 18.2. The zero-order valence-corrected chi connectivity index (χ0v) is 31.0. The Kier molecular flexibility index (Phi) is 13.9. The highest BCUT2D eigenvalue weighted by Gasteiger charge is 2.31. The number of guanidine groups is 1. The molecule has 4 atom stereocenters. The number of hydrogen-bond donors (Lipinski definition) is 9. The third kappa shape index (κ3) is 11.5. The zero-order valence-electron chi connectivity index (χ0n) is 31.0. The summed E-state index contributed by atoms with van der Waals surface area (Å²) in [4.78, 5) is 80.8. The molecule has 16 heteroatoms. The van der Waals surface area contributed by atoms with Crippen molar-refractivity contribution in [1.29, 1.82) is 0 Å². The van der Waals surface area contributed by atoms with Crippen LogP contribution in [-0.2, 0) is 43.2 Å². The Balaban J connectivity index is 1.39. The Labute approximate surface area is 323 Å².